The van der Waals surface area contributed by atoms with E-state index in [1.807, 2.05) is 23.6 Å². The van der Waals surface area contributed by atoms with E-state index in [2.05, 4.69) is 15.6 Å². The van der Waals surface area contributed by atoms with Gasteiger partial charge >= 0.3 is 0 Å². The Kier molecular flexibility index (Phi) is 6.94. The van der Waals surface area contributed by atoms with Gasteiger partial charge in [0.1, 0.15) is 12.1 Å². The van der Waals surface area contributed by atoms with Crippen molar-refractivity contribution < 1.29 is 19.1 Å². The highest BCUT2D eigenvalue weighted by molar-refractivity contribution is 6.02. The number of nitrogens with zero attached hydrogens (tertiary/aromatic N) is 3. The summed E-state index contributed by atoms with van der Waals surface area (Å²) in [5.74, 6) is 0.785. The average molecular weight is 415 g/mol. The first-order chi connectivity index (χ1) is 14.4. The largest absolute Gasteiger partial charge is 0.493 e. The summed E-state index contributed by atoms with van der Waals surface area (Å²) in [4.78, 5) is 31.0. The number of anilines is 1. The van der Waals surface area contributed by atoms with E-state index in [1.165, 1.54) is 0 Å². The first kappa shape index (κ1) is 21.6. The van der Waals surface area contributed by atoms with Crippen LogP contribution in [0.3, 0.4) is 0 Å². The number of carbonyl (C=O) groups excluding carboxylic acids is 2. The van der Waals surface area contributed by atoms with Crippen molar-refractivity contribution in [3.05, 3.63) is 36.9 Å². The van der Waals surface area contributed by atoms with Crippen molar-refractivity contribution in [3.8, 4) is 11.5 Å². The number of hydrogen-bond donors (Lipinski definition) is 2. The predicted molar refractivity (Wildman–Crippen MR) is 113 cm³/mol. The number of aromatic nitrogens is 2. The number of carbonyl (C=O) groups is 2. The van der Waals surface area contributed by atoms with Crippen LogP contribution in [0.5, 0.6) is 11.5 Å². The Morgan fingerprint density at radius 3 is 2.70 bits per heavy atom. The fraction of sp³-hybridized carbons (Fsp3) is 0.476. The van der Waals surface area contributed by atoms with Gasteiger partial charge in [-0.3, -0.25) is 9.59 Å². The van der Waals surface area contributed by atoms with E-state index in [4.69, 9.17) is 9.47 Å². The summed E-state index contributed by atoms with van der Waals surface area (Å²) in [6.45, 7) is 1.84. The van der Waals surface area contributed by atoms with Gasteiger partial charge in [0.2, 0.25) is 11.8 Å². The molecule has 2 N–H and O–H groups in total. The number of hydrogen-bond acceptors (Lipinski definition) is 6. The summed E-state index contributed by atoms with van der Waals surface area (Å²) in [7, 11) is 5.51. The molecule has 0 aliphatic heterocycles. The number of amides is 2. The van der Waals surface area contributed by atoms with Crippen molar-refractivity contribution in [1.29, 1.82) is 0 Å². The second-order valence-electron chi connectivity index (χ2n) is 7.65. The lowest BCUT2D eigenvalue weighted by Gasteiger charge is -2.18. The molecule has 1 aromatic heterocycles. The third-order valence-corrected chi connectivity index (χ3v) is 4.94. The zero-order chi connectivity index (χ0) is 21.6. The molecule has 1 aliphatic rings. The van der Waals surface area contributed by atoms with Crippen LogP contribution < -0.4 is 20.1 Å². The molecule has 2 amide bonds. The number of rotatable bonds is 11. The van der Waals surface area contributed by atoms with Gasteiger partial charge in [-0.05, 0) is 39.1 Å². The van der Waals surface area contributed by atoms with Gasteiger partial charge in [0.25, 0.3) is 0 Å². The quantitative estimate of drug-likeness (QED) is 0.577. The Morgan fingerprint density at radius 1 is 1.27 bits per heavy atom. The standard InChI is InChI=1S/C21H29N5O4/c1-25(2)12-13-30-17-5-4-16(14-18(17)29-3)23-20(28)21(7-8-21)24-19(27)6-10-26-11-9-22-15-26/h4-5,9,11,14-15H,6-8,10,12-13H2,1-3H3,(H,23,28)(H,24,27). The van der Waals surface area contributed by atoms with Crippen LogP contribution in [0.15, 0.2) is 36.9 Å². The molecule has 0 atom stereocenters. The van der Waals surface area contributed by atoms with Gasteiger partial charge in [-0.25, -0.2) is 4.98 Å². The zero-order valence-electron chi connectivity index (χ0n) is 17.7. The molecule has 1 aromatic carbocycles. The monoisotopic (exact) mass is 415 g/mol. The second kappa shape index (κ2) is 9.62. The zero-order valence-corrected chi connectivity index (χ0v) is 17.7. The summed E-state index contributed by atoms with van der Waals surface area (Å²) < 4.78 is 13.0. The molecule has 1 fully saturated rings. The summed E-state index contributed by atoms with van der Waals surface area (Å²) in [5.41, 5.74) is -0.240. The third-order valence-electron chi connectivity index (χ3n) is 4.94. The van der Waals surface area contributed by atoms with Gasteiger partial charge in [-0.1, -0.05) is 0 Å². The predicted octanol–water partition coefficient (Wildman–Crippen LogP) is 1.51. The number of nitrogens with one attached hydrogen (secondary N) is 2. The fourth-order valence-electron chi connectivity index (χ4n) is 2.97. The summed E-state index contributed by atoms with van der Waals surface area (Å²) in [5, 5.41) is 5.77. The van der Waals surface area contributed by atoms with Crippen LogP contribution in [0.2, 0.25) is 0 Å². The van der Waals surface area contributed by atoms with E-state index >= 15 is 0 Å². The highest BCUT2D eigenvalue weighted by Gasteiger charge is 2.51. The fourth-order valence-corrected chi connectivity index (χ4v) is 2.97. The van der Waals surface area contributed by atoms with Crippen molar-refractivity contribution in [2.75, 3.05) is 39.7 Å². The highest BCUT2D eigenvalue weighted by atomic mass is 16.5. The van der Waals surface area contributed by atoms with E-state index < -0.39 is 5.54 Å². The van der Waals surface area contributed by atoms with E-state index in [0.717, 1.165) is 6.54 Å². The third kappa shape index (κ3) is 5.73. The number of methoxy groups -OCH3 is 1. The van der Waals surface area contributed by atoms with Gasteiger partial charge < -0.3 is 29.6 Å². The molecule has 0 spiro atoms. The van der Waals surface area contributed by atoms with Crippen LogP contribution >= 0.6 is 0 Å². The summed E-state index contributed by atoms with van der Waals surface area (Å²) >= 11 is 0. The first-order valence-electron chi connectivity index (χ1n) is 9.96. The van der Waals surface area contributed by atoms with Crippen molar-refractivity contribution in [2.45, 2.75) is 31.3 Å². The van der Waals surface area contributed by atoms with Crippen LogP contribution in [-0.2, 0) is 16.1 Å². The van der Waals surface area contributed by atoms with Crippen molar-refractivity contribution in [1.82, 2.24) is 19.8 Å². The van der Waals surface area contributed by atoms with Gasteiger partial charge in [0.15, 0.2) is 11.5 Å². The molecular weight excluding hydrogens is 386 g/mol. The summed E-state index contributed by atoms with van der Waals surface area (Å²) in [6.07, 6.45) is 6.66. The number of likely N-dealkylation sites (N-methyl/N-ethyl adjacent to an activating group) is 1. The van der Waals surface area contributed by atoms with Crippen LogP contribution in [0.4, 0.5) is 5.69 Å². The molecule has 9 nitrogen and oxygen atoms in total. The van der Waals surface area contributed by atoms with Gasteiger partial charge in [0, 0.05) is 43.7 Å². The maximum atomic E-state index is 12.8. The molecule has 9 heteroatoms. The van der Waals surface area contributed by atoms with Crippen molar-refractivity contribution in [3.63, 3.8) is 0 Å². The van der Waals surface area contributed by atoms with Gasteiger partial charge in [0.05, 0.1) is 13.4 Å². The molecule has 3 rings (SSSR count). The molecular formula is C21H29N5O4. The minimum Gasteiger partial charge on any atom is -0.493 e. The molecule has 1 saturated carbocycles. The molecule has 2 aromatic rings. The SMILES string of the molecule is COc1cc(NC(=O)C2(NC(=O)CCn3ccnc3)CC2)ccc1OCCN(C)C. The molecule has 0 bridgehead atoms. The highest BCUT2D eigenvalue weighted by Crippen LogP contribution is 2.37. The minimum atomic E-state index is -0.833. The minimum absolute atomic E-state index is 0.154. The van der Waals surface area contributed by atoms with Crippen LogP contribution in [-0.4, -0.2) is 66.2 Å². The first-order valence-corrected chi connectivity index (χ1v) is 9.96. The van der Waals surface area contributed by atoms with Crippen LogP contribution in [0, 0.1) is 0 Å². The smallest absolute Gasteiger partial charge is 0.250 e. The molecule has 1 aliphatic carbocycles. The van der Waals surface area contributed by atoms with E-state index in [0.29, 0.717) is 43.2 Å². The molecule has 1 heterocycles. The van der Waals surface area contributed by atoms with Crippen molar-refractivity contribution in [2.24, 2.45) is 0 Å². The van der Waals surface area contributed by atoms with E-state index in [-0.39, 0.29) is 18.2 Å². The Labute approximate surface area is 176 Å². The number of aryl methyl sites for hydroxylation is 1. The Morgan fingerprint density at radius 2 is 2.07 bits per heavy atom. The number of benzene rings is 1. The van der Waals surface area contributed by atoms with E-state index in [1.54, 1.807) is 44.0 Å². The topological polar surface area (TPSA) is 97.7 Å². The summed E-state index contributed by atoms with van der Waals surface area (Å²) in [6, 6.07) is 5.26. The van der Waals surface area contributed by atoms with E-state index in [9.17, 15) is 9.59 Å². The maximum absolute atomic E-state index is 12.8. The normalized spacial score (nSPS) is 14.3. The Hall–Kier alpha value is -3.07. The van der Waals surface area contributed by atoms with Crippen molar-refractivity contribution >= 4 is 17.5 Å². The Bertz CT molecular complexity index is 862. The molecule has 0 unspecified atom stereocenters. The van der Waals surface area contributed by atoms with Crippen LogP contribution in [0.25, 0.3) is 0 Å². The molecule has 162 valence electrons. The van der Waals surface area contributed by atoms with Crippen LogP contribution in [0.1, 0.15) is 19.3 Å². The Balaban J connectivity index is 1.54. The molecule has 30 heavy (non-hydrogen) atoms. The lowest BCUT2D eigenvalue weighted by Crippen LogP contribution is -2.46. The van der Waals surface area contributed by atoms with Gasteiger partial charge in [-0.2, -0.15) is 0 Å². The number of imidazole rings is 1. The lowest BCUT2D eigenvalue weighted by atomic mass is 10.2. The molecule has 0 saturated heterocycles. The van der Waals surface area contributed by atoms with Gasteiger partial charge in [-0.15, -0.1) is 0 Å². The molecule has 0 radical (unpaired) electrons. The second-order valence-corrected chi connectivity index (χ2v) is 7.65. The maximum Gasteiger partial charge on any atom is 0.250 e. The number of ether oxygens (including phenoxy) is 2. The average Bonchev–Trinajstić information content (AvgIpc) is 3.30. The lowest BCUT2D eigenvalue weighted by molar-refractivity contribution is -0.127.